The van der Waals surface area contributed by atoms with E-state index in [2.05, 4.69) is 0 Å². The van der Waals surface area contributed by atoms with Crippen LogP contribution in [-0.4, -0.2) is 51.6 Å². The molecule has 88 valence electrons. The van der Waals surface area contributed by atoms with Crippen molar-refractivity contribution in [2.75, 3.05) is 13.1 Å². The molecule has 1 aromatic carbocycles. The van der Waals surface area contributed by atoms with Crippen molar-refractivity contribution in [1.82, 2.24) is 4.90 Å². The molecule has 0 saturated carbocycles. The van der Waals surface area contributed by atoms with Gasteiger partial charge in [0.2, 0.25) is 0 Å². The van der Waals surface area contributed by atoms with Gasteiger partial charge in [0.15, 0.2) is 0 Å². The van der Waals surface area contributed by atoms with E-state index in [4.69, 9.17) is 0 Å². The van der Waals surface area contributed by atoms with Crippen molar-refractivity contribution in [3.8, 4) is 0 Å². The van der Waals surface area contributed by atoms with Crippen molar-refractivity contribution >= 4 is 0 Å². The van der Waals surface area contributed by atoms with Crippen LogP contribution in [0.1, 0.15) is 5.56 Å². The molecule has 0 amide bonds. The Labute approximate surface area is 94.8 Å². The molecule has 1 aliphatic heterocycles. The van der Waals surface area contributed by atoms with E-state index < -0.39 is 18.3 Å². The number of hydrogen-bond acceptors (Lipinski definition) is 4. The Hall–Kier alpha value is -0.940. The van der Waals surface area contributed by atoms with Gasteiger partial charge in [-0.2, -0.15) is 0 Å². The average molecular weight is 223 g/mol. The smallest absolute Gasteiger partial charge is 0.108 e. The van der Waals surface area contributed by atoms with Crippen LogP contribution >= 0.6 is 0 Å². The Morgan fingerprint density at radius 3 is 2.12 bits per heavy atom. The molecule has 16 heavy (non-hydrogen) atoms. The third-order valence-electron chi connectivity index (χ3n) is 2.93. The monoisotopic (exact) mass is 223 g/mol. The fourth-order valence-corrected chi connectivity index (χ4v) is 2.05. The fraction of sp³-hybridized carbons (Fsp3) is 0.500. The van der Waals surface area contributed by atoms with E-state index >= 15 is 0 Å². The van der Waals surface area contributed by atoms with E-state index in [0.29, 0.717) is 19.6 Å². The van der Waals surface area contributed by atoms with Crippen molar-refractivity contribution in [2.24, 2.45) is 0 Å². The van der Waals surface area contributed by atoms with E-state index in [1.807, 2.05) is 35.2 Å². The van der Waals surface area contributed by atoms with Crippen molar-refractivity contribution in [1.29, 1.82) is 0 Å². The highest BCUT2D eigenvalue weighted by molar-refractivity contribution is 5.14. The molecular weight excluding hydrogens is 206 g/mol. The van der Waals surface area contributed by atoms with Crippen molar-refractivity contribution in [2.45, 2.75) is 24.9 Å². The van der Waals surface area contributed by atoms with Gasteiger partial charge >= 0.3 is 0 Å². The van der Waals surface area contributed by atoms with Crippen molar-refractivity contribution in [3.05, 3.63) is 35.9 Å². The molecule has 0 spiro atoms. The predicted molar refractivity (Wildman–Crippen MR) is 59.7 cm³/mol. The standard InChI is InChI=1S/C12H17NO3/c14-10-7-13(8-11(15)12(10)16)6-9-4-2-1-3-5-9/h1-5,10-12,14-16H,6-8H2/t10-,11-/m1/s1. The average Bonchev–Trinajstić information content (AvgIpc) is 2.27. The Kier molecular flexibility index (Phi) is 3.56. The van der Waals surface area contributed by atoms with Crippen LogP contribution in [0.25, 0.3) is 0 Å². The van der Waals surface area contributed by atoms with E-state index in [-0.39, 0.29) is 0 Å². The summed E-state index contributed by atoms with van der Waals surface area (Å²) in [6.07, 6.45) is -2.76. The maximum absolute atomic E-state index is 9.54. The lowest BCUT2D eigenvalue weighted by atomic mass is 10.0. The van der Waals surface area contributed by atoms with E-state index in [1.54, 1.807) is 0 Å². The highest BCUT2D eigenvalue weighted by atomic mass is 16.4. The normalized spacial score (nSPS) is 28.2. The van der Waals surface area contributed by atoms with Gasteiger partial charge in [-0.15, -0.1) is 0 Å². The van der Waals surface area contributed by atoms with Gasteiger partial charge in [-0.25, -0.2) is 0 Å². The lowest BCUT2D eigenvalue weighted by Crippen LogP contribution is -2.54. The maximum atomic E-state index is 9.54. The molecule has 0 aliphatic carbocycles. The minimum absolute atomic E-state index is 0.396. The molecule has 1 fully saturated rings. The summed E-state index contributed by atoms with van der Waals surface area (Å²) < 4.78 is 0. The molecule has 1 aliphatic rings. The molecule has 4 heteroatoms. The van der Waals surface area contributed by atoms with Gasteiger partial charge in [-0.05, 0) is 5.56 Å². The predicted octanol–water partition coefficient (Wildman–Crippen LogP) is -0.415. The van der Waals surface area contributed by atoms with E-state index in [0.717, 1.165) is 5.56 Å². The zero-order chi connectivity index (χ0) is 11.5. The molecule has 0 unspecified atom stereocenters. The van der Waals surface area contributed by atoms with E-state index in [9.17, 15) is 15.3 Å². The van der Waals surface area contributed by atoms with E-state index in [1.165, 1.54) is 0 Å². The summed E-state index contributed by atoms with van der Waals surface area (Å²) in [4.78, 5) is 1.94. The first-order valence-electron chi connectivity index (χ1n) is 5.47. The second-order valence-electron chi connectivity index (χ2n) is 4.30. The largest absolute Gasteiger partial charge is 0.389 e. The number of aliphatic hydroxyl groups excluding tert-OH is 3. The number of piperidine rings is 1. The maximum Gasteiger partial charge on any atom is 0.108 e. The van der Waals surface area contributed by atoms with Crippen LogP contribution in [0.3, 0.4) is 0 Å². The van der Waals surface area contributed by atoms with Gasteiger partial charge in [0, 0.05) is 19.6 Å². The van der Waals surface area contributed by atoms with Crippen molar-refractivity contribution in [3.63, 3.8) is 0 Å². The highest BCUT2D eigenvalue weighted by Crippen LogP contribution is 2.14. The summed E-state index contributed by atoms with van der Waals surface area (Å²) in [6, 6.07) is 9.88. The van der Waals surface area contributed by atoms with Crippen LogP contribution in [0.5, 0.6) is 0 Å². The topological polar surface area (TPSA) is 63.9 Å². The number of β-amino-alcohol motifs (C(OH)–C–C–N with tert-alkyl or cyclic N) is 2. The first-order chi connectivity index (χ1) is 7.66. The van der Waals surface area contributed by atoms with Gasteiger partial charge in [0.05, 0.1) is 12.2 Å². The number of nitrogens with zero attached hydrogens (tertiary/aromatic N) is 1. The molecular formula is C12H17NO3. The summed E-state index contributed by atoms with van der Waals surface area (Å²) in [5.41, 5.74) is 1.14. The Bertz CT molecular complexity index is 318. The minimum Gasteiger partial charge on any atom is -0.389 e. The molecule has 3 N–H and O–H groups in total. The molecule has 2 rings (SSSR count). The second-order valence-corrected chi connectivity index (χ2v) is 4.30. The SMILES string of the molecule is OC1[C@H](O)CN(Cc2ccccc2)C[C@H]1O. The lowest BCUT2D eigenvalue weighted by molar-refractivity contribution is -0.111. The molecule has 1 aromatic rings. The quantitative estimate of drug-likeness (QED) is 0.637. The molecule has 0 bridgehead atoms. The van der Waals surface area contributed by atoms with Crippen LogP contribution in [0.2, 0.25) is 0 Å². The van der Waals surface area contributed by atoms with Gasteiger partial charge in [0.1, 0.15) is 6.10 Å². The minimum atomic E-state index is -1.02. The van der Waals surface area contributed by atoms with Crippen LogP contribution in [-0.2, 0) is 6.54 Å². The summed E-state index contributed by atoms with van der Waals surface area (Å²) in [5.74, 6) is 0. The van der Waals surface area contributed by atoms with Gasteiger partial charge in [-0.1, -0.05) is 30.3 Å². The zero-order valence-electron chi connectivity index (χ0n) is 9.03. The van der Waals surface area contributed by atoms with Crippen LogP contribution in [0, 0.1) is 0 Å². The van der Waals surface area contributed by atoms with Gasteiger partial charge < -0.3 is 15.3 Å². The summed E-state index contributed by atoms with van der Waals surface area (Å²) >= 11 is 0. The number of hydrogen-bond donors (Lipinski definition) is 3. The molecule has 4 nitrogen and oxygen atoms in total. The fourth-order valence-electron chi connectivity index (χ4n) is 2.05. The number of aliphatic hydroxyl groups is 3. The van der Waals surface area contributed by atoms with Gasteiger partial charge in [0.25, 0.3) is 0 Å². The molecule has 0 aromatic heterocycles. The van der Waals surface area contributed by atoms with Crippen molar-refractivity contribution < 1.29 is 15.3 Å². The second kappa shape index (κ2) is 4.93. The third kappa shape index (κ3) is 2.59. The third-order valence-corrected chi connectivity index (χ3v) is 2.93. The Balaban J connectivity index is 1.97. The lowest BCUT2D eigenvalue weighted by Gasteiger charge is -2.36. The number of rotatable bonds is 2. The van der Waals surface area contributed by atoms with Crippen LogP contribution in [0.4, 0.5) is 0 Å². The molecule has 1 heterocycles. The highest BCUT2D eigenvalue weighted by Gasteiger charge is 2.33. The molecule has 2 atom stereocenters. The summed E-state index contributed by atoms with van der Waals surface area (Å²) in [5, 5.41) is 28.5. The first-order valence-corrected chi connectivity index (χ1v) is 5.47. The summed E-state index contributed by atoms with van der Waals surface area (Å²) in [6.45, 7) is 1.47. The number of benzene rings is 1. The molecule has 0 radical (unpaired) electrons. The Morgan fingerprint density at radius 1 is 1.00 bits per heavy atom. The van der Waals surface area contributed by atoms with Gasteiger partial charge in [-0.3, -0.25) is 4.90 Å². The first kappa shape index (κ1) is 11.5. The summed E-state index contributed by atoms with van der Waals surface area (Å²) in [7, 11) is 0. The van der Waals surface area contributed by atoms with Crippen LogP contribution in [0.15, 0.2) is 30.3 Å². The molecule has 1 saturated heterocycles. The Morgan fingerprint density at radius 2 is 1.56 bits per heavy atom. The number of likely N-dealkylation sites (tertiary alicyclic amines) is 1. The zero-order valence-corrected chi connectivity index (χ0v) is 9.03. The van der Waals surface area contributed by atoms with Crippen LogP contribution < -0.4 is 0 Å².